The molecule has 0 fully saturated rings. The van der Waals surface area contributed by atoms with Crippen molar-refractivity contribution in [1.29, 1.82) is 0 Å². The number of halogens is 1. The van der Waals surface area contributed by atoms with Crippen molar-refractivity contribution in [2.75, 3.05) is 14.2 Å². The Morgan fingerprint density at radius 3 is 2.24 bits per heavy atom. The largest absolute Gasteiger partial charge is 0.496 e. The summed E-state index contributed by atoms with van der Waals surface area (Å²) in [5, 5.41) is 0. The van der Waals surface area contributed by atoms with E-state index in [4.69, 9.17) is 14.2 Å². The highest BCUT2D eigenvalue weighted by molar-refractivity contribution is 9.10. The van der Waals surface area contributed by atoms with Gasteiger partial charge in [-0.15, -0.1) is 0 Å². The predicted octanol–water partition coefficient (Wildman–Crippen LogP) is 3.82. The Bertz CT molecular complexity index is 618. The molecule has 0 atom stereocenters. The molecule has 5 heteroatoms. The van der Waals surface area contributed by atoms with Gasteiger partial charge in [0.15, 0.2) is 0 Å². The third-order valence-corrected chi connectivity index (χ3v) is 3.38. The quantitative estimate of drug-likeness (QED) is 0.769. The van der Waals surface area contributed by atoms with Crippen LogP contribution in [0.3, 0.4) is 0 Å². The number of hydrogen-bond donors (Lipinski definition) is 0. The molecule has 0 aliphatic carbocycles. The van der Waals surface area contributed by atoms with E-state index in [0.29, 0.717) is 11.5 Å². The van der Waals surface area contributed by atoms with Crippen LogP contribution in [-0.4, -0.2) is 20.2 Å². The van der Waals surface area contributed by atoms with E-state index in [9.17, 15) is 4.79 Å². The van der Waals surface area contributed by atoms with E-state index in [1.54, 1.807) is 18.2 Å². The molecule has 0 aliphatic rings. The molecular weight excluding hydrogens is 336 g/mol. The SMILES string of the molecule is COc1cccc(OC)c1C(=O)OCc1cccc(Br)c1. The first kappa shape index (κ1) is 15.4. The van der Waals surface area contributed by atoms with E-state index in [-0.39, 0.29) is 12.2 Å². The second kappa shape index (κ2) is 7.13. The number of carbonyl (C=O) groups excluding carboxylic acids is 1. The molecule has 2 aromatic carbocycles. The Labute approximate surface area is 131 Å². The molecule has 0 radical (unpaired) electrons. The number of ether oxygens (including phenoxy) is 3. The maximum Gasteiger partial charge on any atom is 0.346 e. The molecule has 0 bridgehead atoms. The van der Waals surface area contributed by atoms with E-state index in [1.807, 2.05) is 24.3 Å². The van der Waals surface area contributed by atoms with E-state index < -0.39 is 5.97 Å². The number of carbonyl (C=O) groups is 1. The summed E-state index contributed by atoms with van der Waals surface area (Å²) in [4.78, 5) is 12.3. The fourth-order valence-electron chi connectivity index (χ4n) is 1.90. The third kappa shape index (κ3) is 3.76. The van der Waals surface area contributed by atoms with Crippen LogP contribution in [0, 0.1) is 0 Å². The molecule has 0 heterocycles. The van der Waals surface area contributed by atoms with E-state index in [0.717, 1.165) is 10.0 Å². The van der Waals surface area contributed by atoms with Crippen molar-refractivity contribution >= 4 is 21.9 Å². The molecular formula is C16H15BrO4. The van der Waals surface area contributed by atoms with Crippen molar-refractivity contribution in [3.05, 3.63) is 58.1 Å². The van der Waals surface area contributed by atoms with Crippen molar-refractivity contribution in [1.82, 2.24) is 0 Å². The van der Waals surface area contributed by atoms with Crippen LogP contribution >= 0.6 is 15.9 Å². The number of benzene rings is 2. The molecule has 0 unspecified atom stereocenters. The first-order valence-corrected chi connectivity index (χ1v) is 7.07. The average Bonchev–Trinajstić information content (AvgIpc) is 2.51. The van der Waals surface area contributed by atoms with Gasteiger partial charge in [0.25, 0.3) is 0 Å². The van der Waals surface area contributed by atoms with Crippen molar-refractivity contribution < 1.29 is 19.0 Å². The van der Waals surface area contributed by atoms with Crippen LogP contribution in [0.15, 0.2) is 46.9 Å². The summed E-state index contributed by atoms with van der Waals surface area (Å²) in [6.07, 6.45) is 0. The van der Waals surface area contributed by atoms with E-state index >= 15 is 0 Å². The summed E-state index contributed by atoms with van der Waals surface area (Å²) in [7, 11) is 3.00. The molecule has 4 nitrogen and oxygen atoms in total. The fourth-order valence-corrected chi connectivity index (χ4v) is 2.35. The molecule has 0 N–H and O–H groups in total. The monoisotopic (exact) mass is 350 g/mol. The number of methoxy groups -OCH3 is 2. The summed E-state index contributed by atoms with van der Waals surface area (Å²) in [6.45, 7) is 0.180. The molecule has 110 valence electrons. The number of rotatable bonds is 5. The van der Waals surface area contributed by atoms with Gasteiger partial charge in [-0.1, -0.05) is 34.1 Å². The van der Waals surface area contributed by atoms with Crippen molar-refractivity contribution in [3.63, 3.8) is 0 Å². The molecule has 0 aromatic heterocycles. The van der Waals surface area contributed by atoms with Crippen LogP contribution in [0.4, 0.5) is 0 Å². The van der Waals surface area contributed by atoms with Gasteiger partial charge in [0.2, 0.25) is 0 Å². The zero-order valence-electron chi connectivity index (χ0n) is 11.8. The lowest BCUT2D eigenvalue weighted by molar-refractivity contribution is 0.0465. The van der Waals surface area contributed by atoms with Crippen molar-refractivity contribution in [2.24, 2.45) is 0 Å². The van der Waals surface area contributed by atoms with Crippen LogP contribution in [0.2, 0.25) is 0 Å². The smallest absolute Gasteiger partial charge is 0.346 e. The number of esters is 1. The van der Waals surface area contributed by atoms with Gasteiger partial charge in [-0.3, -0.25) is 0 Å². The van der Waals surface area contributed by atoms with Gasteiger partial charge in [-0.2, -0.15) is 0 Å². The fraction of sp³-hybridized carbons (Fsp3) is 0.188. The normalized spacial score (nSPS) is 10.0. The van der Waals surface area contributed by atoms with Gasteiger partial charge in [0.05, 0.1) is 14.2 Å². The Balaban J connectivity index is 2.17. The zero-order chi connectivity index (χ0) is 15.2. The molecule has 0 spiro atoms. The lowest BCUT2D eigenvalue weighted by atomic mass is 10.1. The third-order valence-electron chi connectivity index (χ3n) is 2.89. The maximum absolute atomic E-state index is 12.3. The van der Waals surface area contributed by atoms with Crippen LogP contribution in [-0.2, 0) is 11.3 Å². The molecule has 0 saturated heterocycles. The molecule has 21 heavy (non-hydrogen) atoms. The summed E-state index contributed by atoms with van der Waals surface area (Å²) >= 11 is 3.38. The second-order valence-electron chi connectivity index (χ2n) is 4.24. The highest BCUT2D eigenvalue weighted by Crippen LogP contribution is 2.29. The zero-order valence-corrected chi connectivity index (χ0v) is 13.3. The Morgan fingerprint density at radius 1 is 1.05 bits per heavy atom. The van der Waals surface area contributed by atoms with Crippen LogP contribution in [0.25, 0.3) is 0 Å². The first-order chi connectivity index (χ1) is 10.2. The average molecular weight is 351 g/mol. The Morgan fingerprint density at radius 2 is 1.67 bits per heavy atom. The molecule has 0 saturated carbocycles. The molecule has 0 aliphatic heterocycles. The summed E-state index contributed by atoms with van der Waals surface area (Å²) < 4.78 is 16.7. The summed E-state index contributed by atoms with van der Waals surface area (Å²) in [6, 6.07) is 12.7. The topological polar surface area (TPSA) is 44.8 Å². The van der Waals surface area contributed by atoms with Crippen molar-refractivity contribution in [2.45, 2.75) is 6.61 Å². The molecule has 2 rings (SSSR count). The first-order valence-electron chi connectivity index (χ1n) is 6.28. The van der Waals surface area contributed by atoms with Crippen molar-refractivity contribution in [3.8, 4) is 11.5 Å². The van der Waals surface area contributed by atoms with Gasteiger partial charge < -0.3 is 14.2 Å². The van der Waals surface area contributed by atoms with Crippen LogP contribution < -0.4 is 9.47 Å². The van der Waals surface area contributed by atoms with Crippen LogP contribution in [0.5, 0.6) is 11.5 Å². The highest BCUT2D eigenvalue weighted by atomic mass is 79.9. The van der Waals surface area contributed by atoms with Gasteiger partial charge in [0, 0.05) is 4.47 Å². The second-order valence-corrected chi connectivity index (χ2v) is 5.16. The van der Waals surface area contributed by atoms with Crippen LogP contribution in [0.1, 0.15) is 15.9 Å². The van der Waals surface area contributed by atoms with E-state index in [2.05, 4.69) is 15.9 Å². The lowest BCUT2D eigenvalue weighted by Gasteiger charge is -2.12. The van der Waals surface area contributed by atoms with Gasteiger partial charge >= 0.3 is 5.97 Å². The maximum atomic E-state index is 12.3. The molecule has 0 amide bonds. The van der Waals surface area contributed by atoms with Gasteiger partial charge in [-0.25, -0.2) is 4.79 Å². The Hall–Kier alpha value is -2.01. The minimum absolute atomic E-state index is 0.180. The highest BCUT2D eigenvalue weighted by Gasteiger charge is 2.19. The summed E-state index contributed by atoms with van der Waals surface area (Å²) in [5.41, 5.74) is 1.18. The molecule has 2 aromatic rings. The standard InChI is InChI=1S/C16H15BrO4/c1-19-13-7-4-8-14(20-2)15(13)16(18)21-10-11-5-3-6-12(17)9-11/h3-9H,10H2,1-2H3. The minimum atomic E-state index is -0.482. The number of hydrogen-bond acceptors (Lipinski definition) is 4. The minimum Gasteiger partial charge on any atom is -0.496 e. The van der Waals surface area contributed by atoms with E-state index in [1.165, 1.54) is 14.2 Å². The van der Waals surface area contributed by atoms with Gasteiger partial charge in [-0.05, 0) is 29.8 Å². The predicted molar refractivity (Wildman–Crippen MR) is 82.8 cm³/mol. The summed E-state index contributed by atoms with van der Waals surface area (Å²) in [5.74, 6) is 0.367. The lowest BCUT2D eigenvalue weighted by Crippen LogP contribution is -2.09. The Kier molecular flexibility index (Phi) is 5.22. The van der Waals surface area contributed by atoms with Gasteiger partial charge in [0.1, 0.15) is 23.7 Å².